The second-order valence-corrected chi connectivity index (χ2v) is 4.11. The number of nitrogens with zero attached hydrogens (tertiary/aromatic N) is 2. The number of aryl methyl sites for hydroxylation is 1. The van der Waals surface area contributed by atoms with Crippen LogP contribution in [-0.4, -0.2) is 29.8 Å². The molecule has 0 N–H and O–H groups in total. The Bertz CT molecular complexity index is 272. The first-order valence-electron chi connectivity index (χ1n) is 4.25. The van der Waals surface area contributed by atoms with Crippen LogP contribution >= 0.6 is 11.3 Å². The Morgan fingerprint density at radius 2 is 2.46 bits per heavy atom. The van der Waals surface area contributed by atoms with Crippen LogP contribution in [0, 0.1) is 6.92 Å². The smallest absolute Gasteiger partial charge is 0.121 e. The van der Waals surface area contributed by atoms with Crippen LogP contribution in [0.25, 0.3) is 0 Å². The summed E-state index contributed by atoms with van der Waals surface area (Å²) >= 11 is 1.66. The largest absolute Gasteiger partial charge is 0.303 e. The van der Waals surface area contributed by atoms with Crippen molar-refractivity contribution in [1.82, 2.24) is 9.88 Å². The zero-order valence-electron chi connectivity index (χ0n) is 7.99. The lowest BCUT2D eigenvalue weighted by molar-refractivity contribution is -0.108. The topological polar surface area (TPSA) is 33.2 Å². The molecule has 1 aromatic heterocycles. The molecule has 0 unspecified atom stereocenters. The van der Waals surface area contributed by atoms with Gasteiger partial charge in [-0.25, -0.2) is 4.98 Å². The van der Waals surface area contributed by atoms with Gasteiger partial charge in [-0.15, -0.1) is 11.3 Å². The maximum Gasteiger partial charge on any atom is 0.121 e. The second-order valence-electron chi connectivity index (χ2n) is 3.05. The monoisotopic (exact) mass is 198 g/mol. The minimum absolute atomic E-state index is 0.597. The Morgan fingerprint density at radius 3 is 3.00 bits per heavy atom. The van der Waals surface area contributed by atoms with Gasteiger partial charge in [-0.05, 0) is 14.0 Å². The number of aromatic nitrogens is 1. The Morgan fingerprint density at radius 1 is 1.69 bits per heavy atom. The molecule has 0 amide bonds. The van der Waals surface area contributed by atoms with Crippen molar-refractivity contribution in [2.24, 2.45) is 0 Å². The Balaban J connectivity index is 2.35. The fourth-order valence-corrected chi connectivity index (χ4v) is 1.71. The molecule has 0 spiro atoms. The highest BCUT2D eigenvalue weighted by Crippen LogP contribution is 2.09. The fraction of sp³-hybridized carbons (Fsp3) is 0.556. The molecule has 0 aliphatic rings. The van der Waals surface area contributed by atoms with E-state index in [-0.39, 0.29) is 0 Å². The zero-order valence-corrected chi connectivity index (χ0v) is 8.80. The summed E-state index contributed by atoms with van der Waals surface area (Å²) < 4.78 is 0. The third kappa shape index (κ3) is 3.65. The van der Waals surface area contributed by atoms with Gasteiger partial charge < -0.3 is 9.69 Å². The minimum Gasteiger partial charge on any atom is -0.303 e. The molecule has 13 heavy (non-hydrogen) atoms. The molecular weight excluding hydrogens is 184 g/mol. The average molecular weight is 198 g/mol. The van der Waals surface area contributed by atoms with E-state index in [2.05, 4.69) is 15.3 Å². The number of aldehydes is 1. The van der Waals surface area contributed by atoms with Gasteiger partial charge in [0, 0.05) is 24.9 Å². The molecule has 0 radical (unpaired) electrons. The van der Waals surface area contributed by atoms with E-state index in [0.29, 0.717) is 6.42 Å². The maximum absolute atomic E-state index is 10.1. The summed E-state index contributed by atoms with van der Waals surface area (Å²) in [5.74, 6) is 0. The summed E-state index contributed by atoms with van der Waals surface area (Å²) in [4.78, 5) is 16.6. The summed E-state index contributed by atoms with van der Waals surface area (Å²) in [6.07, 6.45) is 1.54. The average Bonchev–Trinajstić information content (AvgIpc) is 2.48. The first-order valence-corrected chi connectivity index (χ1v) is 5.13. The van der Waals surface area contributed by atoms with Crippen molar-refractivity contribution in [3.05, 3.63) is 16.1 Å². The third-order valence-corrected chi connectivity index (χ3v) is 2.55. The highest BCUT2D eigenvalue weighted by molar-refractivity contribution is 7.09. The Kier molecular flexibility index (Phi) is 4.05. The van der Waals surface area contributed by atoms with Gasteiger partial charge in [-0.1, -0.05) is 0 Å². The molecule has 0 fully saturated rings. The highest BCUT2D eigenvalue weighted by atomic mass is 32.1. The lowest BCUT2D eigenvalue weighted by atomic mass is 10.4. The van der Waals surface area contributed by atoms with E-state index in [4.69, 9.17) is 0 Å². The number of thiazole rings is 1. The van der Waals surface area contributed by atoms with Crippen LogP contribution in [0.4, 0.5) is 0 Å². The quantitative estimate of drug-likeness (QED) is 0.672. The molecule has 1 rings (SSSR count). The predicted molar refractivity (Wildman–Crippen MR) is 53.9 cm³/mol. The number of hydrogen-bond donors (Lipinski definition) is 0. The molecule has 4 heteroatoms. The van der Waals surface area contributed by atoms with Gasteiger partial charge in [0.15, 0.2) is 0 Å². The predicted octanol–water partition coefficient (Wildman–Crippen LogP) is 1.47. The molecule has 72 valence electrons. The SMILES string of the molecule is Cc1nc(CN(C)CCC=O)cs1. The van der Waals surface area contributed by atoms with Crippen molar-refractivity contribution in [3.8, 4) is 0 Å². The van der Waals surface area contributed by atoms with Crippen LogP contribution in [-0.2, 0) is 11.3 Å². The van der Waals surface area contributed by atoms with Crippen LogP contribution in [0.3, 0.4) is 0 Å². The van der Waals surface area contributed by atoms with E-state index in [0.717, 1.165) is 30.1 Å². The van der Waals surface area contributed by atoms with E-state index >= 15 is 0 Å². The number of carbonyl (C=O) groups excluding carboxylic acids is 1. The lowest BCUT2D eigenvalue weighted by Gasteiger charge is -2.12. The third-order valence-electron chi connectivity index (χ3n) is 1.73. The summed E-state index contributed by atoms with van der Waals surface area (Å²) in [7, 11) is 2.00. The van der Waals surface area contributed by atoms with Gasteiger partial charge in [-0.3, -0.25) is 0 Å². The van der Waals surface area contributed by atoms with E-state index in [1.54, 1.807) is 11.3 Å². The zero-order chi connectivity index (χ0) is 9.68. The van der Waals surface area contributed by atoms with Gasteiger partial charge in [0.25, 0.3) is 0 Å². The number of carbonyl (C=O) groups is 1. The van der Waals surface area contributed by atoms with E-state index in [1.807, 2.05) is 14.0 Å². The van der Waals surface area contributed by atoms with Crippen LogP contribution in [0.5, 0.6) is 0 Å². The Labute approximate surface area is 82.4 Å². The number of rotatable bonds is 5. The number of hydrogen-bond acceptors (Lipinski definition) is 4. The van der Waals surface area contributed by atoms with Crippen molar-refractivity contribution in [1.29, 1.82) is 0 Å². The van der Waals surface area contributed by atoms with Crippen LogP contribution in [0.2, 0.25) is 0 Å². The van der Waals surface area contributed by atoms with Gasteiger partial charge in [0.1, 0.15) is 6.29 Å². The van der Waals surface area contributed by atoms with E-state index < -0.39 is 0 Å². The van der Waals surface area contributed by atoms with Crippen molar-refractivity contribution in [3.63, 3.8) is 0 Å². The molecule has 3 nitrogen and oxygen atoms in total. The molecular formula is C9H14N2OS. The first kappa shape index (κ1) is 10.3. The van der Waals surface area contributed by atoms with E-state index in [9.17, 15) is 4.79 Å². The summed E-state index contributed by atoms with van der Waals surface area (Å²) in [6, 6.07) is 0. The standard InChI is InChI=1S/C9H14N2OS/c1-8-10-9(7-13-8)6-11(2)4-3-5-12/h5,7H,3-4,6H2,1-2H3. The molecule has 1 heterocycles. The molecule has 0 saturated heterocycles. The van der Waals surface area contributed by atoms with Gasteiger partial charge in [-0.2, -0.15) is 0 Å². The van der Waals surface area contributed by atoms with Crippen LogP contribution in [0.15, 0.2) is 5.38 Å². The van der Waals surface area contributed by atoms with Crippen molar-refractivity contribution >= 4 is 17.6 Å². The van der Waals surface area contributed by atoms with Crippen LogP contribution < -0.4 is 0 Å². The summed E-state index contributed by atoms with van der Waals surface area (Å²) in [5.41, 5.74) is 1.09. The van der Waals surface area contributed by atoms with Crippen LogP contribution in [0.1, 0.15) is 17.1 Å². The molecule has 0 aliphatic heterocycles. The molecule has 0 saturated carbocycles. The highest BCUT2D eigenvalue weighted by Gasteiger charge is 2.02. The fourth-order valence-electron chi connectivity index (χ4n) is 1.11. The van der Waals surface area contributed by atoms with Gasteiger partial charge in [0.05, 0.1) is 10.7 Å². The second kappa shape index (κ2) is 5.09. The minimum atomic E-state index is 0.597. The molecule has 0 atom stereocenters. The summed E-state index contributed by atoms with van der Waals surface area (Å²) in [6.45, 7) is 3.64. The van der Waals surface area contributed by atoms with Gasteiger partial charge in [0.2, 0.25) is 0 Å². The summed E-state index contributed by atoms with van der Waals surface area (Å²) in [5, 5.41) is 3.16. The Hall–Kier alpha value is -0.740. The molecule has 0 aliphatic carbocycles. The molecule has 0 aromatic carbocycles. The van der Waals surface area contributed by atoms with Crippen molar-refractivity contribution in [2.45, 2.75) is 19.9 Å². The first-order chi connectivity index (χ1) is 6.22. The maximum atomic E-state index is 10.1. The van der Waals surface area contributed by atoms with Crippen molar-refractivity contribution < 1.29 is 4.79 Å². The molecule has 0 bridgehead atoms. The van der Waals surface area contributed by atoms with Crippen molar-refractivity contribution in [2.75, 3.05) is 13.6 Å². The van der Waals surface area contributed by atoms with E-state index in [1.165, 1.54) is 0 Å². The van der Waals surface area contributed by atoms with Gasteiger partial charge >= 0.3 is 0 Å². The molecule has 1 aromatic rings. The lowest BCUT2D eigenvalue weighted by Crippen LogP contribution is -2.19. The normalized spacial score (nSPS) is 10.7.